The van der Waals surface area contributed by atoms with Crippen molar-refractivity contribution in [2.75, 3.05) is 20.3 Å². The Morgan fingerprint density at radius 1 is 1.06 bits per heavy atom. The molecule has 1 unspecified atom stereocenters. The molecule has 0 N–H and O–H groups in total. The topological polar surface area (TPSA) is 91.3 Å². The maximum Gasteiger partial charge on any atom is 0.336 e. The van der Waals surface area contributed by atoms with Crippen molar-refractivity contribution in [1.29, 1.82) is 0 Å². The van der Waals surface area contributed by atoms with Gasteiger partial charge in [-0.15, -0.1) is 11.3 Å². The highest BCUT2D eigenvalue weighted by molar-refractivity contribution is 7.10. The summed E-state index contributed by atoms with van der Waals surface area (Å²) in [6, 6.07) is 11.2. The zero-order valence-electron chi connectivity index (χ0n) is 20.3. The first-order valence-corrected chi connectivity index (χ1v) is 12.6. The molecule has 1 fully saturated rings. The Morgan fingerprint density at radius 2 is 1.77 bits per heavy atom. The summed E-state index contributed by atoms with van der Waals surface area (Å²) in [5.74, 6) is -3.34. The number of carbonyl (C=O) groups is 3. The molecule has 8 heteroatoms. The molecule has 0 radical (unpaired) electrons. The molecule has 35 heavy (non-hydrogen) atoms. The number of hydrogen-bond donors (Lipinski definition) is 0. The van der Waals surface area contributed by atoms with Gasteiger partial charge >= 0.3 is 11.9 Å². The summed E-state index contributed by atoms with van der Waals surface area (Å²) in [5, 5.41) is 1.91. The summed E-state index contributed by atoms with van der Waals surface area (Å²) in [4.78, 5) is 45.9. The van der Waals surface area contributed by atoms with Gasteiger partial charge in [0.05, 0.1) is 31.8 Å². The van der Waals surface area contributed by atoms with Gasteiger partial charge in [-0.1, -0.05) is 18.2 Å². The van der Waals surface area contributed by atoms with Crippen LogP contribution in [0.3, 0.4) is 0 Å². The van der Waals surface area contributed by atoms with E-state index in [0.717, 1.165) is 10.4 Å². The molecular formula is C27H29NO6S. The molecule has 4 rings (SSSR count). The smallest absolute Gasteiger partial charge is 0.336 e. The summed E-state index contributed by atoms with van der Waals surface area (Å²) in [5.41, 5.74) is 2.44. The lowest BCUT2D eigenvalue weighted by Gasteiger charge is -2.40. The third-order valence-corrected chi connectivity index (χ3v) is 7.53. The number of allylic oxidation sites excluding steroid dienone is 1. The van der Waals surface area contributed by atoms with E-state index < -0.39 is 35.6 Å². The fourth-order valence-corrected chi connectivity index (χ4v) is 5.97. The highest BCUT2D eigenvalue weighted by atomic mass is 32.1. The Balaban J connectivity index is 1.84. The standard InChI is InChI=1S/C27H29NO6S/c1-5-33-26(30)21-15(3)28-19-14-18(16-9-11-17(32-4)12-10-16)22(27(31)34-6-2)25(29)23(19)24(21)20-8-7-13-35-20/h7-13,18,22-24H,5-6,14H2,1-4H3/t18-,22-,23?,24-/m1/s1. The maximum absolute atomic E-state index is 14.1. The van der Waals surface area contributed by atoms with E-state index in [1.165, 1.54) is 11.3 Å². The minimum Gasteiger partial charge on any atom is -0.497 e. The zero-order chi connectivity index (χ0) is 25.1. The van der Waals surface area contributed by atoms with E-state index in [1.54, 1.807) is 27.9 Å². The van der Waals surface area contributed by atoms with Crippen LogP contribution in [-0.2, 0) is 23.9 Å². The number of Topliss-reactive ketones (excluding diaryl/α,β-unsaturated/α-hetero) is 1. The molecule has 0 saturated heterocycles. The van der Waals surface area contributed by atoms with Crippen LogP contribution >= 0.6 is 11.3 Å². The molecule has 2 heterocycles. The van der Waals surface area contributed by atoms with Crippen LogP contribution in [0.5, 0.6) is 5.75 Å². The first-order valence-electron chi connectivity index (χ1n) is 11.7. The Bertz CT molecular complexity index is 1160. The lowest BCUT2D eigenvalue weighted by atomic mass is 9.63. The largest absolute Gasteiger partial charge is 0.497 e. The van der Waals surface area contributed by atoms with E-state index >= 15 is 0 Å². The summed E-state index contributed by atoms with van der Waals surface area (Å²) in [6.07, 6.45) is 0.404. The van der Waals surface area contributed by atoms with Crippen molar-refractivity contribution in [3.05, 3.63) is 63.5 Å². The van der Waals surface area contributed by atoms with Crippen LogP contribution in [0.4, 0.5) is 0 Å². The molecule has 7 nitrogen and oxygen atoms in total. The predicted octanol–water partition coefficient (Wildman–Crippen LogP) is 4.68. The molecule has 0 amide bonds. The highest BCUT2D eigenvalue weighted by Crippen LogP contribution is 2.49. The number of fused-ring (bicyclic) bond motifs is 1. The highest BCUT2D eigenvalue weighted by Gasteiger charge is 2.53. The first kappa shape index (κ1) is 24.9. The Morgan fingerprint density at radius 3 is 2.37 bits per heavy atom. The molecule has 4 atom stereocenters. The van der Waals surface area contributed by atoms with Crippen LogP contribution < -0.4 is 4.74 Å². The van der Waals surface area contributed by atoms with Crippen LogP contribution in [0, 0.1) is 11.8 Å². The maximum atomic E-state index is 14.1. The van der Waals surface area contributed by atoms with Gasteiger partial charge in [-0.05, 0) is 56.3 Å². The number of rotatable bonds is 7. The summed E-state index contributed by atoms with van der Waals surface area (Å²) in [7, 11) is 1.59. The second-order valence-electron chi connectivity index (χ2n) is 8.51. The molecule has 1 aliphatic carbocycles. The van der Waals surface area contributed by atoms with Crippen LogP contribution in [0.15, 0.2) is 58.0 Å². The number of carbonyl (C=O) groups excluding carboxylic acids is 3. The van der Waals surface area contributed by atoms with Crippen molar-refractivity contribution in [2.45, 2.75) is 39.0 Å². The number of hydrogen-bond acceptors (Lipinski definition) is 8. The van der Waals surface area contributed by atoms with Crippen LogP contribution in [-0.4, -0.2) is 43.8 Å². The molecule has 0 spiro atoms. The molecule has 2 aromatic rings. The van der Waals surface area contributed by atoms with Gasteiger partial charge in [0.25, 0.3) is 0 Å². The molecular weight excluding hydrogens is 466 g/mol. The second kappa shape index (κ2) is 10.6. The quantitative estimate of drug-likeness (QED) is 0.409. The van der Waals surface area contributed by atoms with Crippen molar-refractivity contribution in [1.82, 2.24) is 0 Å². The lowest BCUT2D eigenvalue weighted by Crippen LogP contribution is -2.48. The molecule has 1 saturated carbocycles. The third kappa shape index (κ3) is 4.67. The summed E-state index contributed by atoms with van der Waals surface area (Å²) < 4.78 is 16.0. The van der Waals surface area contributed by atoms with E-state index in [0.29, 0.717) is 29.2 Å². The number of methoxy groups -OCH3 is 1. The van der Waals surface area contributed by atoms with Crippen molar-refractivity contribution >= 4 is 34.8 Å². The van der Waals surface area contributed by atoms with E-state index in [-0.39, 0.29) is 19.0 Å². The van der Waals surface area contributed by atoms with Gasteiger partial charge in [0, 0.05) is 28.1 Å². The number of nitrogens with zero attached hydrogens (tertiary/aromatic N) is 1. The Labute approximate surface area is 208 Å². The average molecular weight is 496 g/mol. The van der Waals surface area contributed by atoms with Gasteiger partial charge in [0.15, 0.2) is 5.78 Å². The van der Waals surface area contributed by atoms with Crippen LogP contribution in [0.2, 0.25) is 0 Å². The number of esters is 2. The molecule has 2 aliphatic rings. The second-order valence-corrected chi connectivity index (χ2v) is 9.49. The number of ketones is 1. The third-order valence-electron chi connectivity index (χ3n) is 6.58. The van der Waals surface area contributed by atoms with Crippen molar-refractivity contribution in [3.8, 4) is 5.75 Å². The molecule has 1 aromatic carbocycles. The van der Waals surface area contributed by atoms with Gasteiger partial charge in [0.2, 0.25) is 0 Å². The summed E-state index contributed by atoms with van der Waals surface area (Å²) in [6.45, 7) is 5.63. The Kier molecular flexibility index (Phi) is 7.50. The van der Waals surface area contributed by atoms with Crippen molar-refractivity contribution < 1.29 is 28.6 Å². The molecule has 1 aliphatic heterocycles. The predicted molar refractivity (Wildman–Crippen MR) is 133 cm³/mol. The molecule has 184 valence electrons. The van der Waals surface area contributed by atoms with Crippen molar-refractivity contribution in [2.24, 2.45) is 16.8 Å². The van der Waals surface area contributed by atoms with Crippen LogP contribution in [0.25, 0.3) is 0 Å². The fraction of sp³-hybridized carbons (Fsp3) is 0.407. The van der Waals surface area contributed by atoms with Gasteiger partial charge in [-0.3, -0.25) is 14.6 Å². The Hall–Kier alpha value is -3.26. The lowest BCUT2D eigenvalue weighted by molar-refractivity contribution is -0.153. The number of aliphatic imine (C=N–C) groups is 1. The van der Waals surface area contributed by atoms with E-state index in [2.05, 4.69) is 0 Å². The number of benzene rings is 1. The summed E-state index contributed by atoms with van der Waals surface area (Å²) >= 11 is 1.47. The minimum atomic E-state index is -1.00. The van der Waals surface area contributed by atoms with E-state index in [4.69, 9.17) is 19.2 Å². The van der Waals surface area contributed by atoms with E-state index in [9.17, 15) is 14.4 Å². The van der Waals surface area contributed by atoms with Gasteiger partial charge in [0.1, 0.15) is 11.7 Å². The number of thiophene rings is 1. The monoisotopic (exact) mass is 495 g/mol. The number of ether oxygens (including phenoxy) is 3. The SMILES string of the molecule is CCOC(=O)C1=C(C)N=C2C[C@H](c3ccc(OC)cc3)[C@@H](C(=O)OCC)C(=O)C2[C@@H]1c1cccs1. The van der Waals surface area contributed by atoms with Gasteiger partial charge in [-0.25, -0.2) is 4.79 Å². The molecule has 0 bridgehead atoms. The van der Waals surface area contributed by atoms with Crippen molar-refractivity contribution in [3.63, 3.8) is 0 Å². The van der Waals surface area contributed by atoms with Gasteiger partial charge < -0.3 is 14.2 Å². The average Bonchev–Trinajstić information content (AvgIpc) is 3.38. The zero-order valence-corrected chi connectivity index (χ0v) is 21.1. The minimum absolute atomic E-state index is 0.172. The van der Waals surface area contributed by atoms with Crippen LogP contribution in [0.1, 0.15) is 49.5 Å². The normalized spacial score (nSPS) is 23.9. The first-order chi connectivity index (χ1) is 16.9. The van der Waals surface area contributed by atoms with Gasteiger partial charge in [-0.2, -0.15) is 0 Å². The fourth-order valence-electron chi connectivity index (χ4n) is 5.10. The van der Waals surface area contributed by atoms with E-state index in [1.807, 2.05) is 41.8 Å². The molecule has 1 aromatic heterocycles.